The molecule has 7 nitrogen and oxygen atoms in total. The van der Waals surface area contributed by atoms with Crippen molar-refractivity contribution in [2.24, 2.45) is 0 Å². The molecule has 0 spiro atoms. The first-order valence-corrected chi connectivity index (χ1v) is 15.4. The Balaban J connectivity index is 1.33. The maximum absolute atomic E-state index is 13.9. The zero-order valence-electron chi connectivity index (χ0n) is 25.5. The van der Waals surface area contributed by atoms with Gasteiger partial charge < -0.3 is 20.2 Å². The van der Waals surface area contributed by atoms with Crippen molar-refractivity contribution in [3.63, 3.8) is 0 Å². The van der Waals surface area contributed by atoms with Gasteiger partial charge in [0.2, 0.25) is 11.5 Å². The van der Waals surface area contributed by atoms with Gasteiger partial charge in [-0.3, -0.25) is 14.6 Å². The van der Waals surface area contributed by atoms with Crippen molar-refractivity contribution < 1.29 is 4.79 Å². The smallest absolute Gasteiger partial charge is 0.247 e. The number of nitrogens with one attached hydrogen (secondary N) is 3. The van der Waals surface area contributed by atoms with Gasteiger partial charge in [0.05, 0.1) is 28.5 Å². The van der Waals surface area contributed by atoms with Crippen LogP contribution in [0.25, 0.3) is 22.2 Å². The lowest BCUT2D eigenvalue weighted by Crippen LogP contribution is -2.46. The molecule has 0 unspecified atom stereocenters. The Hall–Kier alpha value is -3.71. The van der Waals surface area contributed by atoms with Crippen LogP contribution in [0.3, 0.4) is 0 Å². The van der Waals surface area contributed by atoms with Crippen LogP contribution in [0.2, 0.25) is 0 Å². The number of carbonyl (C=O) groups is 1. The van der Waals surface area contributed by atoms with E-state index in [4.69, 9.17) is 4.98 Å². The van der Waals surface area contributed by atoms with E-state index >= 15 is 0 Å². The van der Waals surface area contributed by atoms with Gasteiger partial charge in [-0.25, -0.2) is 0 Å². The molecular formula is C35H43N5O2. The fourth-order valence-electron chi connectivity index (χ4n) is 7.24. The van der Waals surface area contributed by atoms with E-state index in [1.54, 1.807) is 12.3 Å². The number of aromatic amines is 2. The normalized spacial score (nSPS) is 19.1. The third kappa shape index (κ3) is 5.31. The van der Waals surface area contributed by atoms with E-state index in [-0.39, 0.29) is 17.4 Å². The molecule has 2 aliphatic rings. The third-order valence-corrected chi connectivity index (χ3v) is 9.48. The zero-order valence-corrected chi connectivity index (χ0v) is 25.5. The average molecular weight is 566 g/mol. The fourth-order valence-corrected chi connectivity index (χ4v) is 7.24. The second-order valence-electron chi connectivity index (χ2n) is 13.1. The van der Waals surface area contributed by atoms with Gasteiger partial charge in [-0.15, -0.1) is 0 Å². The Morgan fingerprint density at radius 3 is 2.40 bits per heavy atom. The Bertz CT molecular complexity index is 1620. The summed E-state index contributed by atoms with van der Waals surface area (Å²) in [5, 5.41) is 4.77. The lowest BCUT2D eigenvalue weighted by Gasteiger charge is -2.32. The summed E-state index contributed by atoms with van der Waals surface area (Å²) in [6.45, 7) is 12.2. The molecule has 1 amide bonds. The Morgan fingerprint density at radius 2 is 1.76 bits per heavy atom. The average Bonchev–Trinajstić information content (AvgIpc) is 3.67. The number of fused-ring (bicyclic) bond motifs is 3. The summed E-state index contributed by atoms with van der Waals surface area (Å²) in [7, 11) is 0. The lowest BCUT2D eigenvalue weighted by atomic mass is 9.85. The number of H-pyrrole nitrogens is 2. The zero-order chi connectivity index (χ0) is 29.6. The number of hydrogen-bond donors (Lipinski definition) is 3. The van der Waals surface area contributed by atoms with Gasteiger partial charge in [-0.05, 0) is 107 Å². The molecule has 2 bridgehead atoms. The summed E-state index contributed by atoms with van der Waals surface area (Å²) in [5.74, 6) is 0.413. The van der Waals surface area contributed by atoms with Crippen molar-refractivity contribution in [2.75, 3.05) is 13.1 Å². The molecule has 42 heavy (non-hydrogen) atoms. The maximum atomic E-state index is 13.9. The molecule has 5 heterocycles. The number of nitrogens with zero attached hydrogens (tertiary/aromatic N) is 2. The van der Waals surface area contributed by atoms with Gasteiger partial charge in [0.15, 0.2) is 0 Å². The Kier molecular flexibility index (Phi) is 7.56. The number of amides is 1. The van der Waals surface area contributed by atoms with Gasteiger partial charge in [0, 0.05) is 36.3 Å². The standard InChI is InChI=1S/C35H43N5O2/c1-21-14-22(2)16-25(15-21)33-32(23(3)18-36-13-12-24-6-11-31(41)38-19-24)28-17-30(37-20-29(28)39-33)35(4,5)34(42)40-26-7-8-27(40)10-9-26/h6,11,14-17,19-20,23,26-27,36,39H,7-10,12-13,18H2,1-5H3,(H,38,41)/t23-,26?,27?/m1/s1. The van der Waals surface area contributed by atoms with Crippen molar-refractivity contribution in [3.05, 3.63) is 87.1 Å². The van der Waals surface area contributed by atoms with E-state index in [1.165, 1.54) is 22.3 Å². The number of aromatic nitrogens is 3. The highest BCUT2D eigenvalue weighted by atomic mass is 16.2. The molecule has 3 N–H and O–H groups in total. The Morgan fingerprint density at radius 1 is 1.07 bits per heavy atom. The number of rotatable bonds is 9. The van der Waals surface area contributed by atoms with Gasteiger partial charge in [0.25, 0.3) is 0 Å². The second-order valence-corrected chi connectivity index (χ2v) is 13.1. The van der Waals surface area contributed by atoms with E-state index in [2.05, 4.69) is 65.2 Å². The van der Waals surface area contributed by atoms with Gasteiger partial charge in [0.1, 0.15) is 0 Å². The topological polar surface area (TPSA) is 93.9 Å². The molecule has 1 aromatic carbocycles. The molecule has 0 radical (unpaired) electrons. The molecule has 4 aromatic rings. The summed E-state index contributed by atoms with van der Waals surface area (Å²) in [6, 6.07) is 13.1. The quantitative estimate of drug-likeness (QED) is 0.220. The third-order valence-electron chi connectivity index (χ3n) is 9.48. The van der Waals surface area contributed by atoms with Crippen LogP contribution >= 0.6 is 0 Å². The molecule has 2 fully saturated rings. The van der Waals surface area contributed by atoms with Crippen LogP contribution in [0.4, 0.5) is 0 Å². The van der Waals surface area contributed by atoms with E-state index in [0.717, 1.165) is 73.0 Å². The molecular weight excluding hydrogens is 522 g/mol. The number of hydrogen-bond acceptors (Lipinski definition) is 4. The minimum Gasteiger partial charge on any atom is -0.353 e. The van der Waals surface area contributed by atoms with E-state index < -0.39 is 5.41 Å². The minimum absolute atomic E-state index is 0.0786. The van der Waals surface area contributed by atoms with Crippen LogP contribution in [0.1, 0.15) is 80.3 Å². The van der Waals surface area contributed by atoms with Crippen molar-refractivity contribution in [1.29, 1.82) is 0 Å². The van der Waals surface area contributed by atoms with Crippen LogP contribution in [-0.2, 0) is 16.6 Å². The van der Waals surface area contributed by atoms with Crippen molar-refractivity contribution in [2.45, 2.75) is 90.1 Å². The monoisotopic (exact) mass is 565 g/mol. The van der Waals surface area contributed by atoms with E-state index in [1.807, 2.05) is 26.1 Å². The van der Waals surface area contributed by atoms with Crippen LogP contribution in [0.15, 0.2) is 53.6 Å². The molecule has 220 valence electrons. The van der Waals surface area contributed by atoms with Gasteiger partial charge in [-0.1, -0.05) is 30.2 Å². The minimum atomic E-state index is -0.702. The number of pyridine rings is 2. The highest BCUT2D eigenvalue weighted by Gasteiger charge is 2.47. The summed E-state index contributed by atoms with van der Waals surface area (Å²) < 4.78 is 0. The molecule has 6 rings (SSSR count). The van der Waals surface area contributed by atoms with Crippen LogP contribution in [0.5, 0.6) is 0 Å². The van der Waals surface area contributed by atoms with Crippen LogP contribution < -0.4 is 10.9 Å². The Labute approximate surface area is 248 Å². The van der Waals surface area contributed by atoms with Crippen LogP contribution in [0, 0.1) is 13.8 Å². The summed E-state index contributed by atoms with van der Waals surface area (Å²) in [5.41, 5.74) is 8.14. The molecule has 7 heteroatoms. The number of carbonyl (C=O) groups excluding carboxylic acids is 1. The second kappa shape index (κ2) is 11.2. The first-order valence-electron chi connectivity index (χ1n) is 15.4. The van der Waals surface area contributed by atoms with Crippen molar-refractivity contribution in [1.82, 2.24) is 25.2 Å². The first-order chi connectivity index (χ1) is 20.1. The lowest BCUT2D eigenvalue weighted by molar-refractivity contribution is -0.137. The van der Waals surface area contributed by atoms with E-state index in [0.29, 0.717) is 12.1 Å². The van der Waals surface area contributed by atoms with Gasteiger partial charge in [-0.2, -0.15) is 0 Å². The number of aryl methyl sites for hydroxylation is 2. The molecule has 3 aromatic heterocycles. The summed E-state index contributed by atoms with van der Waals surface area (Å²) >= 11 is 0. The summed E-state index contributed by atoms with van der Waals surface area (Å²) in [4.78, 5) is 38.9. The van der Waals surface area contributed by atoms with Crippen molar-refractivity contribution >= 4 is 16.8 Å². The molecule has 0 saturated carbocycles. The van der Waals surface area contributed by atoms with E-state index in [9.17, 15) is 9.59 Å². The molecule has 2 saturated heterocycles. The first kappa shape index (κ1) is 28.4. The van der Waals surface area contributed by atoms with Gasteiger partial charge >= 0.3 is 0 Å². The predicted molar refractivity (Wildman–Crippen MR) is 169 cm³/mol. The molecule has 0 aliphatic carbocycles. The number of benzene rings is 1. The van der Waals surface area contributed by atoms with Crippen LogP contribution in [-0.4, -0.2) is 50.9 Å². The highest BCUT2D eigenvalue weighted by Crippen LogP contribution is 2.42. The molecule has 2 aliphatic heterocycles. The predicted octanol–water partition coefficient (Wildman–Crippen LogP) is 5.90. The maximum Gasteiger partial charge on any atom is 0.247 e. The summed E-state index contributed by atoms with van der Waals surface area (Å²) in [6.07, 6.45) is 9.07. The molecule has 1 atom stereocenters. The fraction of sp³-hybridized carbons (Fsp3) is 0.457. The highest BCUT2D eigenvalue weighted by molar-refractivity contribution is 5.94. The largest absolute Gasteiger partial charge is 0.353 e. The van der Waals surface area contributed by atoms with Crippen molar-refractivity contribution in [3.8, 4) is 11.3 Å². The SMILES string of the molecule is Cc1cc(C)cc(-c2[nH]c3cnc(C(C)(C)C(=O)N4C5CCC4CC5)cc3c2[C@H](C)CNCCc2ccc(=O)[nH]c2)c1.